The van der Waals surface area contributed by atoms with Crippen molar-refractivity contribution in [2.45, 2.75) is 30.8 Å². The highest BCUT2D eigenvalue weighted by Crippen LogP contribution is 2.43. The van der Waals surface area contributed by atoms with Crippen LogP contribution in [-0.2, 0) is 10.3 Å². The fourth-order valence-corrected chi connectivity index (χ4v) is 4.35. The Morgan fingerprint density at radius 2 is 1.23 bits per heavy atom. The van der Waals surface area contributed by atoms with E-state index in [-0.39, 0.29) is 0 Å². The van der Waals surface area contributed by atoms with E-state index in [0.717, 1.165) is 29.5 Å². The fraction of sp³-hybridized carbons (Fsp3) is 0.269. The molecule has 0 aliphatic carbocycles. The summed E-state index contributed by atoms with van der Waals surface area (Å²) in [6.45, 7) is 0.567. The number of hydrogen-bond acceptors (Lipinski definition) is 3. The van der Waals surface area contributed by atoms with Gasteiger partial charge in [0, 0.05) is 0 Å². The Morgan fingerprint density at radius 3 is 1.57 bits per heavy atom. The third-order valence-electron chi connectivity index (χ3n) is 5.79. The first-order chi connectivity index (χ1) is 14.6. The Morgan fingerprint density at radius 1 is 0.833 bits per heavy atom. The first-order valence-corrected chi connectivity index (χ1v) is 10.4. The maximum Gasteiger partial charge on any atom is 0.320 e. The molecule has 156 valence electrons. The van der Waals surface area contributed by atoms with Crippen molar-refractivity contribution in [3.63, 3.8) is 0 Å². The third-order valence-corrected chi connectivity index (χ3v) is 5.79. The van der Waals surface area contributed by atoms with Crippen LogP contribution in [-0.4, -0.2) is 35.6 Å². The molecule has 0 fully saturated rings. The summed E-state index contributed by atoms with van der Waals surface area (Å²) < 4.78 is 0. The first-order valence-electron chi connectivity index (χ1n) is 10.4. The van der Waals surface area contributed by atoms with Crippen LogP contribution in [0.15, 0.2) is 91.0 Å². The molecule has 0 radical (unpaired) electrons. The van der Waals surface area contributed by atoms with Crippen molar-refractivity contribution in [1.82, 2.24) is 4.90 Å². The summed E-state index contributed by atoms with van der Waals surface area (Å²) in [7, 11) is 1.92. The maximum absolute atomic E-state index is 12.4. The monoisotopic (exact) mass is 402 g/mol. The SMILES string of the molecule is CN([C@@H](CCCCN)C(=O)O)C(c1ccccc1)(c1ccccc1)c1ccccc1. The normalized spacial score (nSPS) is 12.6. The molecule has 0 aromatic heterocycles. The van der Waals surface area contributed by atoms with E-state index in [1.165, 1.54) is 0 Å². The maximum atomic E-state index is 12.4. The molecule has 0 bridgehead atoms. The van der Waals surface area contributed by atoms with Crippen molar-refractivity contribution in [2.24, 2.45) is 5.73 Å². The molecule has 30 heavy (non-hydrogen) atoms. The fourth-order valence-electron chi connectivity index (χ4n) is 4.35. The summed E-state index contributed by atoms with van der Waals surface area (Å²) in [4.78, 5) is 14.4. The predicted octanol–water partition coefficient (Wildman–Crippen LogP) is 4.49. The van der Waals surface area contributed by atoms with Gasteiger partial charge in [0.15, 0.2) is 0 Å². The minimum atomic E-state index is -0.818. The molecule has 3 aromatic carbocycles. The molecule has 0 amide bonds. The van der Waals surface area contributed by atoms with Crippen molar-refractivity contribution < 1.29 is 9.90 Å². The second-order valence-electron chi connectivity index (χ2n) is 7.56. The molecule has 0 saturated heterocycles. The van der Waals surface area contributed by atoms with Crippen molar-refractivity contribution in [1.29, 1.82) is 0 Å². The minimum Gasteiger partial charge on any atom is -0.480 e. The molecule has 4 nitrogen and oxygen atoms in total. The lowest BCUT2D eigenvalue weighted by Crippen LogP contribution is -2.53. The highest BCUT2D eigenvalue weighted by molar-refractivity contribution is 5.74. The van der Waals surface area contributed by atoms with Gasteiger partial charge in [-0.2, -0.15) is 0 Å². The second kappa shape index (κ2) is 10.2. The van der Waals surface area contributed by atoms with Gasteiger partial charge in [0.2, 0.25) is 0 Å². The summed E-state index contributed by atoms with van der Waals surface area (Å²) in [5.74, 6) is -0.818. The van der Waals surface area contributed by atoms with Gasteiger partial charge < -0.3 is 10.8 Å². The number of carbonyl (C=O) groups is 1. The lowest BCUT2D eigenvalue weighted by atomic mass is 9.75. The number of carboxylic acid groups (broad SMARTS) is 1. The average Bonchev–Trinajstić information content (AvgIpc) is 2.79. The summed E-state index contributed by atoms with van der Waals surface area (Å²) in [6, 6.07) is 29.8. The lowest BCUT2D eigenvalue weighted by molar-refractivity contribution is -0.144. The predicted molar refractivity (Wildman–Crippen MR) is 121 cm³/mol. The number of unbranched alkanes of at least 4 members (excludes halogenated alkanes) is 1. The molecule has 0 unspecified atom stereocenters. The number of rotatable bonds is 10. The van der Waals surface area contributed by atoms with Gasteiger partial charge in [-0.3, -0.25) is 9.69 Å². The van der Waals surface area contributed by atoms with Crippen LogP contribution in [0.3, 0.4) is 0 Å². The topological polar surface area (TPSA) is 66.6 Å². The summed E-state index contributed by atoms with van der Waals surface area (Å²) in [5, 5.41) is 10.2. The molecule has 3 rings (SSSR count). The molecule has 1 atom stereocenters. The Labute approximate surface area is 179 Å². The van der Waals surface area contributed by atoms with Gasteiger partial charge in [0.1, 0.15) is 6.04 Å². The number of likely N-dealkylation sites (N-methyl/N-ethyl adjacent to an activating group) is 1. The van der Waals surface area contributed by atoms with E-state index in [1.54, 1.807) is 0 Å². The first kappa shape index (κ1) is 21.8. The largest absolute Gasteiger partial charge is 0.480 e. The minimum absolute atomic E-state index is 0.539. The number of aliphatic carboxylic acids is 1. The Bertz CT molecular complexity index is 817. The van der Waals surface area contributed by atoms with Crippen molar-refractivity contribution in [2.75, 3.05) is 13.6 Å². The number of carboxylic acids is 1. The van der Waals surface area contributed by atoms with E-state index in [0.29, 0.717) is 13.0 Å². The van der Waals surface area contributed by atoms with Crippen LogP contribution in [0.5, 0.6) is 0 Å². The molecule has 3 aromatic rings. The van der Waals surface area contributed by atoms with Crippen LogP contribution >= 0.6 is 0 Å². The summed E-state index contributed by atoms with van der Waals surface area (Å²) in [5.41, 5.74) is 8.04. The highest BCUT2D eigenvalue weighted by Gasteiger charge is 2.44. The van der Waals surface area contributed by atoms with Gasteiger partial charge in [-0.25, -0.2) is 0 Å². The number of hydrogen-bond donors (Lipinski definition) is 2. The molecule has 0 spiro atoms. The van der Waals surface area contributed by atoms with Crippen LogP contribution < -0.4 is 5.73 Å². The van der Waals surface area contributed by atoms with Gasteiger partial charge in [-0.05, 0) is 43.1 Å². The molecule has 0 aliphatic heterocycles. The van der Waals surface area contributed by atoms with E-state index < -0.39 is 17.6 Å². The average molecular weight is 403 g/mol. The van der Waals surface area contributed by atoms with E-state index in [9.17, 15) is 9.90 Å². The van der Waals surface area contributed by atoms with Crippen LogP contribution in [0.2, 0.25) is 0 Å². The van der Waals surface area contributed by atoms with E-state index in [2.05, 4.69) is 36.4 Å². The van der Waals surface area contributed by atoms with Crippen LogP contribution in [0, 0.1) is 0 Å². The standard InChI is InChI=1S/C26H30N2O2/c1-28(24(25(29)30)19-11-12-20-27)26(21-13-5-2-6-14-21,22-15-7-3-8-16-22)23-17-9-4-10-18-23/h2-10,13-18,24H,11-12,19-20,27H2,1H3,(H,29,30)/t24-/m0/s1. The lowest BCUT2D eigenvalue weighted by Gasteiger charge is -2.46. The van der Waals surface area contributed by atoms with Crippen LogP contribution in [0.4, 0.5) is 0 Å². The number of nitrogens with two attached hydrogens (primary N) is 1. The number of nitrogens with zero attached hydrogens (tertiary/aromatic N) is 1. The quantitative estimate of drug-likeness (QED) is 0.387. The van der Waals surface area contributed by atoms with Gasteiger partial charge in [-0.15, -0.1) is 0 Å². The zero-order chi connectivity index (χ0) is 21.4. The molecule has 3 N–H and O–H groups in total. The van der Waals surface area contributed by atoms with Crippen LogP contribution in [0.25, 0.3) is 0 Å². The molecule has 0 aliphatic rings. The van der Waals surface area contributed by atoms with Crippen molar-refractivity contribution in [3.05, 3.63) is 108 Å². The summed E-state index contributed by atoms with van der Waals surface area (Å²) >= 11 is 0. The second-order valence-corrected chi connectivity index (χ2v) is 7.56. The highest BCUT2D eigenvalue weighted by atomic mass is 16.4. The van der Waals surface area contributed by atoms with Crippen LogP contribution in [0.1, 0.15) is 36.0 Å². The molecular formula is C26H30N2O2. The zero-order valence-electron chi connectivity index (χ0n) is 17.4. The Balaban J connectivity index is 2.26. The molecule has 0 saturated carbocycles. The third kappa shape index (κ3) is 4.30. The zero-order valence-corrected chi connectivity index (χ0v) is 17.4. The van der Waals surface area contributed by atoms with Gasteiger partial charge in [-0.1, -0.05) is 97.4 Å². The Kier molecular flexibility index (Phi) is 7.39. The summed E-state index contributed by atoms with van der Waals surface area (Å²) in [6.07, 6.45) is 2.12. The number of benzene rings is 3. The van der Waals surface area contributed by atoms with E-state index in [4.69, 9.17) is 5.73 Å². The molecule has 0 heterocycles. The smallest absolute Gasteiger partial charge is 0.320 e. The van der Waals surface area contributed by atoms with Gasteiger partial charge in [0.25, 0.3) is 0 Å². The van der Waals surface area contributed by atoms with Crippen molar-refractivity contribution >= 4 is 5.97 Å². The van der Waals surface area contributed by atoms with E-state index in [1.807, 2.05) is 66.5 Å². The van der Waals surface area contributed by atoms with Gasteiger partial charge >= 0.3 is 5.97 Å². The Hall–Kier alpha value is -2.95. The van der Waals surface area contributed by atoms with E-state index >= 15 is 0 Å². The van der Waals surface area contributed by atoms with Gasteiger partial charge in [0.05, 0.1) is 5.54 Å². The van der Waals surface area contributed by atoms with Crippen molar-refractivity contribution in [3.8, 4) is 0 Å². The molecular weight excluding hydrogens is 372 g/mol. The molecule has 4 heteroatoms.